The van der Waals surface area contributed by atoms with Gasteiger partial charge in [0.2, 0.25) is 5.24 Å². The van der Waals surface area contributed by atoms with Gasteiger partial charge in [-0.15, -0.1) is 29.1 Å². The largest absolute Gasteiger partial charge is 0.469 e. The Hall–Kier alpha value is -3.76. The van der Waals surface area contributed by atoms with E-state index in [0.717, 1.165) is 111 Å². The Labute approximate surface area is 416 Å². The molecule has 2 aromatic heterocycles. The van der Waals surface area contributed by atoms with Crippen molar-refractivity contribution in [2.75, 3.05) is 119 Å². The van der Waals surface area contributed by atoms with Crippen molar-refractivity contribution in [3.8, 4) is 0 Å². The number of aryl methyl sites for hydroxylation is 1. The molecule has 1 N–H and O–H groups in total. The van der Waals surface area contributed by atoms with E-state index in [-0.39, 0.29) is 36.5 Å². The van der Waals surface area contributed by atoms with Crippen molar-refractivity contribution in [3.05, 3.63) is 123 Å². The molecule has 3 aromatic carbocycles. The molecule has 0 amide bonds. The van der Waals surface area contributed by atoms with Crippen molar-refractivity contribution in [1.29, 1.82) is 0 Å². The third kappa shape index (κ3) is 18.4. The van der Waals surface area contributed by atoms with E-state index < -0.39 is 12.2 Å². The van der Waals surface area contributed by atoms with Crippen LogP contribution >= 0.6 is 70.4 Å². The Morgan fingerprint density at radius 2 is 1.18 bits per heavy atom. The summed E-state index contributed by atoms with van der Waals surface area (Å²) in [4.78, 5) is 44.7. The summed E-state index contributed by atoms with van der Waals surface area (Å²) in [7, 11) is 1.43. The van der Waals surface area contributed by atoms with Gasteiger partial charge in [0.05, 0.1) is 16.3 Å². The molecule has 3 fully saturated rings. The fourth-order valence-electron chi connectivity index (χ4n) is 7.17. The van der Waals surface area contributed by atoms with Gasteiger partial charge in [-0.3, -0.25) is 23.8 Å². The normalized spacial score (nSPS) is 16.0. The van der Waals surface area contributed by atoms with Gasteiger partial charge >= 0.3 is 11.7 Å². The van der Waals surface area contributed by atoms with Crippen LogP contribution < -0.4 is 25.7 Å². The first-order valence-corrected chi connectivity index (χ1v) is 23.4. The summed E-state index contributed by atoms with van der Waals surface area (Å²) in [6, 6.07) is 29.0. The number of halogens is 6. The number of rotatable bonds is 12. The summed E-state index contributed by atoms with van der Waals surface area (Å²) in [5, 5.41) is 9.43. The molecule has 0 aliphatic carbocycles. The van der Waals surface area contributed by atoms with Gasteiger partial charge in [0.25, 0.3) is 0 Å². The molecular formula is C46H59Cl6N9O4. The van der Waals surface area contributed by atoms with Gasteiger partial charge in [0.15, 0.2) is 5.65 Å². The molecule has 0 atom stereocenters. The van der Waals surface area contributed by atoms with Crippen molar-refractivity contribution in [1.82, 2.24) is 29.3 Å². The standard InChI is InChI=1S/C19H22ClN5O.C14H19ClN2O2.C10H13ClN2.C3H4Cl2O.ClH/c20-16-5-3-6-17(15-16)23-13-11-22(12-14-23)8-4-10-25-19(26)24-9-2-1-7-18(24)21-25;1-19-14(18)5-6-16-7-9-17(10-8-16)13-4-2-3-12(15)11-13;11-9-2-1-3-10(8-9)13-6-4-12-5-7-13;4-2-1-3(5)6;/h1-3,5-7,9,15H,4,8,10-14H2;2-4,11H,5-10H2,1H3;1-3,8,12H,4-7H2;1-2H2;1H/i10D2;;;;. The Balaban J connectivity index is 0.000000217. The van der Waals surface area contributed by atoms with Crippen LogP contribution in [0.3, 0.4) is 0 Å². The smallest absolute Gasteiger partial charge is 0.350 e. The number of anilines is 3. The Morgan fingerprint density at radius 3 is 1.62 bits per heavy atom. The summed E-state index contributed by atoms with van der Waals surface area (Å²) in [5.41, 5.74) is 3.51. The molecule has 0 saturated carbocycles. The maximum atomic E-state index is 12.4. The van der Waals surface area contributed by atoms with E-state index in [1.165, 1.54) is 22.9 Å². The number of methoxy groups -OCH3 is 1. The van der Waals surface area contributed by atoms with Crippen LogP contribution in [0.2, 0.25) is 15.1 Å². The third-order valence-electron chi connectivity index (χ3n) is 10.7. The molecule has 0 radical (unpaired) electrons. The summed E-state index contributed by atoms with van der Waals surface area (Å²) < 4.78 is 23.7. The zero-order chi connectivity index (χ0) is 47.5. The monoisotopic (exact) mass is 1010 g/mol. The lowest BCUT2D eigenvalue weighted by Gasteiger charge is -2.36. The number of pyridine rings is 1. The number of alkyl halides is 1. The number of carbonyl (C=O) groups is 2. The third-order valence-corrected chi connectivity index (χ3v) is 11.7. The molecule has 0 spiro atoms. The van der Waals surface area contributed by atoms with Gasteiger partial charge in [-0.1, -0.05) is 59.1 Å². The molecule has 354 valence electrons. The minimum Gasteiger partial charge on any atom is -0.469 e. The maximum Gasteiger partial charge on any atom is 0.350 e. The molecular weight excluding hydrogens is 955 g/mol. The SMILES string of the molecule is COC(=O)CCN1CCN(c2cccc(Cl)c2)CC1.Cl.Clc1cccc(N2CCNCC2)c1.O=C(Cl)CCCl.[2H]C([2H])(CCN1CCN(c2cccc(Cl)c2)CC1)n1nc2ccccn2c1=O. The molecule has 0 unspecified atom stereocenters. The topological polar surface area (TPSA) is 111 Å². The van der Waals surface area contributed by atoms with E-state index in [4.69, 9.17) is 60.7 Å². The maximum absolute atomic E-state index is 12.4. The quantitative estimate of drug-likeness (QED) is 0.0748. The van der Waals surface area contributed by atoms with Gasteiger partial charge in [-0.25, -0.2) is 9.48 Å². The summed E-state index contributed by atoms with van der Waals surface area (Å²) >= 11 is 28.0. The van der Waals surface area contributed by atoms with Crippen LogP contribution in [0.1, 0.15) is 22.0 Å². The fourth-order valence-corrected chi connectivity index (χ4v) is 8.08. The molecule has 0 bridgehead atoms. The number of esters is 1. The van der Waals surface area contributed by atoms with Gasteiger partial charge in [0.1, 0.15) is 0 Å². The molecule has 65 heavy (non-hydrogen) atoms. The van der Waals surface area contributed by atoms with Crippen molar-refractivity contribution in [3.63, 3.8) is 0 Å². The highest BCUT2D eigenvalue weighted by Crippen LogP contribution is 2.23. The zero-order valence-corrected chi connectivity index (χ0v) is 41.1. The number of carbonyl (C=O) groups excluding carboxylic acids is 2. The van der Waals surface area contributed by atoms with Crippen LogP contribution in [0.25, 0.3) is 5.65 Å². The predicted octanol–water partition coefficient (Wildman–Crippen LogP) is 7.94. The van der Waals surface area contributed by atoms with E-state index in [9.17, 15) is 14.4 Å². The Kier molecular flexibility index (Phi) is 22.7. The molecule has 13 nitrogen and oxygen atoms in total. The number of hydrogen-bond acceptors (Lipinski definition) is 11. The number of piperazine rings is 3. The lowest BCUT2D eigenvalue weighted by Crippen LogP contribution is -2.46. The van der Waals surface area contributed by atoms with Crippen LogP contribution in [0.5, 0.6) is 0 Å². The van der Waals surface area contributed by atoms with Crippen LogP contribution in [0.4, 0.5) is 17.1 Å². The number of hydrogen-bond donors (Lipinski definition) is 1. The van der Waals surface area contributed by atoms with E-state index in [1.54, 1.807) is 24.4 Å². The lowest BCUT2D eigenvalue weighted by atomic mass is 10.2. The number of nitrogens with zero attached hydrogens (tertiary/aromatic N) is 8. The van der Waals surface area contributed by atoms with E-state index >= 15 is 0 Å². The van der Waals surface area contributed by atoms with Gasteiger partial charge in [0, 0.05) is 149 Å². The van der Waals surface area contributed by atoms with Gasteiger partial charge < -0.3 is 24.8 Å². The average molecular weight is 1020 g/mol. The van der Waals surface area contributed by atoms with Crippen molar-refractivity contribution in [2.45, 2.75) is 25.8 Å². The lowest BCUT2D eigenvalue weighted by molar-refractivity contribution is -0.141. The molecule has 5 aromatic rings. The molecule has 5 heterocycles. The Morgan fingerprint density at radius 1 is 0.692 bits per heavy atom. The second-order valence-corrected chi connectivity index (χ2v) is 17.1. The number of nitrogens with one attached hydrogen (secondary N) is 1. The molecule has 8 rings (SSSR count). The first kappa shape index (κ1) is 50.6. The van der Waals surface area contributed by atoms with E-state index in [0.29, 0.717) is 24.5 Å². The van der Waals surface area contributed by atoms with Crippen LogP contribution in [0, 0.1) is 0 Å². The molecule has 3 aliphatic rings. The Bertz CT molecular complexity index is 2340. The highest BCUT2D eigenvalue weighted by atomic mass is 35.5. The van der Waals surface area contributed by atoms with Crippen LogP contribution in [-0.4, -0.2) is 140 Å². The number of ether oxygens (including phenoxy) is 1. The van der Waals surface area contributed by atoms with Gasteiger partial charge in [-0.2, -0.15) is 0 Å². The van der Waals surface area contributed by atoms with Crippen molar-refractivity contribution >= 4 is 104 Å². The number of aromatic nitrogens is 3. The summed E-state index contributed by atoms with van der Waals surface area (Å²) in [6.45, 7) is 11.0. The minimum absolute atomic E-state index is 0. The fraction of sp³-hybridized carbons (Fsp3) is 0.435. The second-order valence-electron chi connectivity index (χ2n) is 15.0. The minimum atomic E-state index is -1.84. The first-order chi connectivity index (χ1) is 31.8. The predicted molar refractivity (Wildman–Crippen MR) is 271 cm³/mol. The van der Waals surface area contributed by atoms with E-state index in [1.807, 2.05) is 54.6 Å². The zero-order valence-electron chi connectivity index (χ0n) is 38.5. The summed E-state index contributed by atoms with van der Waals surface area (Å²) in [6.07, 6.45) is 2.54. The second kappa shape index (κ2) is 29.1. The van der Waals surface area contributed by atoms with E-state index in [2.05, 4.69) is 57.9 Å². The molecule has 19 heteroatoms. The molecule has 3 aliphatic heterocycles. The average Bonchev–Trinajstić information content (AvgIpc) is 3.68. The molecule has 3 saturated heterocycles. The van der Waals surface area contributed by atoms with Crippen molar-refractivity contribution < 1.29 is 17.1 Å². The highest BCUT2D eigenvalue weighted by molar-refractivity contribution is 6.63. The van der Waals surface area contributed by atoms with Crippen LogP contribution in [-0.2, 0) is 20.8 Å². The highest BCUT2D eigenvalue weighted by Gasteiger charge is 2.19. The number of benzene rings is 3. The first-order valence-electron chi connectivity index (χ1n) is 22.3. The van der Waals surface area contributed by atoms with Crippen molar-refractivity contribution in [2.24, 2.45) is 0 Å². The van der Waals surface area contributed by atoms with Crippen LogP contribution in [0.15, 0.2) is 102 Å². The summed E-state index contributed by atoms with van der Waals surface area (Å²) in [5.74, 6) is 0.180. The number of fused-ring (bicyclic) bond motifs is 1. The van der Waals surface area contributed by atoms with Gasteiger partial charge in [-0.05, 0) is 84.8 Å².